The molecule has 2 heteroatoms. The Kier molecular flexibility index (Phi) is 4.21. The van der Waals surface area contributed by atoms with Crippen LogP contribution in [0.5, 0.6) is 5.75 Å². The Bertz CT molecular complexity index is 526. The van der Waals surface area contributed by atoms with Crippen molar-refractivity contribution in [1.29, 1.82) is 0 Å². The lowest BCUT2D eigenvalue weighted by molar-refractivity contribution is 0.475. The summed E-state index contributed by atoms with van der Waals surface area (Å²) in [7, 11) is 0. The summed E-state index contributed by atoms with van der Waals surface area (Å²) in [6.45, 7) is 2.14. The highest BCUT2D eigenvalue weighted by Crippen LogP contribution is 2.21. The molecule has 18 heavy (non-hydrogen) atoms. The van der Waals surface area contributed by atoms with Crippen LogP contribution in [0.25, 0.3) is 6.08 Å². The summed E-state index contributed by atoms with van der Waals surface area (Å²) in [5, 5.41) is 9.25. The first-order chi connectivity index (χ1) is 8.65. The van der Waals surface area contributed by atoms with Gasteiger partial charge in [-0.15, -0.1) is 0 Å². The SMILES string of the molecule is CC(/C=C/c1ccc(Br)cc1)c1ccc(O)cc1. The van der Waals surface area contributed by atoms with Crippen molar-refractivity contribution in [3.8, 4) is 5.75 Å². The van der Waals surface area contributed by atoms with Gasteiger partial charge in [0.05, 0.1) is 0 Å². The Morgan fingerprint density at radius 3 is 2.22 bits per heavy atom. The molecule has 0 aromatic heterocycles. The van der Waals surface area contributed by atoms with Gasteiger partial charge in [0, 0.05) is 4.47 Å². The molecule has 0 saturated heterocycles. The number of rotatable bonds is 3. The van der Waals surface area contributed by atoms with Crippen molar-refractivity contribution in [2.45, 2.75) is 12.8 Å². The molecule has 2 aromatic carbocycles. The number of phenolic OH excluding ortho intramolecular Hbond substituents is 1. The van der Waals surface area contributed by atoms with E-state index < -0.39 is 0 Å². The maximum absolute atomic E-state index is 9.25. The number of hydrogen-bond donors (Lipinski definition) is 1. The normalized spacial score (nSPS) is 12.8. The van der Waals surface area contributed by atoms with Gasteiger partial charge in [-0.1, -0.05) is 59.3 Å². The van der Waals surface area contributed by atoms with E-state index in [0.29, 0.717) is 11.7 Å². The standard InChI is InChI=1S/C16H15BrO/c1-12(14-6-10-16(18)11-7-14)2-3-13-4-8-15(17)9-5-13/h2-12,18H,1H3/b3-2+. The molecule has 0 heterocycles. The molecule has 0 aliphatic rings. The van der Waals surface area contributed by atoms with Gasteiger partial charge in [-0.05, 0) is 41.3 Å². The lowest BCUT2D eigenvalue weighted by Gasteiger charge is -2.06. The van der Waals surface area contributed by atoms with E-state index in [0.717, 1.165) is 4.47 Å². The Labute approximate surface area is 116 Å². The minimum Gasteiger partial charge on any atom is -0.508 e. The van der Waals surface area contributed by atoms with E-state index in [1.165, 1.54) is 11.1 Å². The largest absolute Gasteiger partial charge is 0.508 e. The average molecular weight is 303 g/mol. The summed E-state index contributed by atoms with van der Waals surface area (Å²) in [4.78, 5) is 0. The van der Waals surface area contributed by atoms with Gasteiger partial charge in [0.1, 0.15) is 5.75 Å². The highest BCUT2D eigenvalue weighted by molar-refractivity contribution is 9.10. The van der Waals surface area contributed by atoms with E-state index in [-0.39, 0.29) is 0 Å². The van der Waals surface area contributed by atoms with Crippen molar-refractivity contribution < 1.29 is 5.11 Å². The molecule has 1 N–H and O–H groups in total. The minimum atomic E-state index is 0.308. The monoisotopic (exact) mass is 302 g/mol. The summed E-state index contributed by atoms with van der Waals surface area (Å²) in [5.74, 6) is 0.636. The Morgan fingerprint density at radius 1 is 1.00 bits per heavy atom. The number of hydrogen-bond acceptors (Lipinski definition) is 1. The molecular weight excluding hydrogens is 288 g/mol. The molecule has 1 unspecified atom stereocenters. The van der Waals surface area contributed by atoms with Gasteiger partial charge >= 0.3 is 0 Å². The molecule has 2 aromatic rings. The van der Waals surface area contributed by atoms with E-state index >= 15 is 0 Å². The molecule has 0 bridgehead atoms. The third-order valence-corrected chi connectivity index (χ3v) is 3.39. The molecule has 0 aliphatic carbocycles. The number of allylic oxidation sites excluding steroid dienone is 1. The lowest BCUT2D eigenvalue weighted by atomic mass is 10.00. The van der Waals surface area contributed by atoms with Gasteiger partial charge in [-0.25, -0.2) is 0 Å². The van der Waals surface area contributed by atoms with Gasteiger partial charge < -0.3 is 5.11 Å². The van der Waals surface area contributed by atoms with Crippen molar-refractivity contribution in [3.05, 3.63) is 70.2 Å². The molecule has 0 amide bonds. The van der Waals surface area contributed by atoms with E-state index in [4.69, 9.17) is 0 Å². The fourth-order valence-corrected chi connectivity index (χ4v) is 1.98. The van der Waals surface area contributed by atoms with Gasteiger partial charge in [-0.2, -0.15) is 0 Å². The van der Waals surface area contributed by atoms with Gasteiger partial charge in [0.2, 0.25) is 0 Å². The van der Waals surface area contributed by atoms with Crippen LogP contribution in [-0.4, -0.2) is 5.11 Å². The number of benzene rings is 2. The first kappa shape index (κ1) is 12.9. The van der Waals surface area contributed by atoms with Crippen LogP contribution >= 0.6 is 15.9 Å². The van der Waals surface area contributed by atoms with Crippen LogP contribution in [0.2, 0.25) is 0 Å². The van der Waals surface area contributed by atoms with Crippen molar-refractivity contribution >= 4 is 22.0 Å². The zero-order valence-corrected chi connectivity index (χ0v) is 11.8. The highest BCUT2D eigenvalue weighted by Gasteiger charge is 2.00. The summed E-state index contributed by atoms with van der Waals surface area (Å²) in [6.07, 6.45) is 4.28. The Morgan fingerprint density at radius 2 is 1.61 bits per heavy atom. The fourth-order valence-electron chi connectivity index (χ4n) is 1.72. The van der Waals surface area contributed by atoms with Crippen LogP contribution in [-0.2, 0) is 0 Å². The van der Waals surface area contributed by atoms with E-state index in [2.05, 4.69) is 47.1 Å². The van der Waals surface area contributed by atoms with Crippen LogP contribution in [0.15, 0.2) is 59.1 Å². The topological polar surface area (TPSA) is 20.2 Å². The van der Waals surface area contributed by atoms with Crippen molar-refractivity contribution in [2.75, 3.05) is 0 Å². The molecule has 0 radical (unpaired) electrons. The fraction of sp³-hybridized carbons (Fsp3) is 0.125. The molecule has 1 nitrogen and oxygen atoms in total. The third kappa shape index (κ3) is 3.47. The predicted molar refractivity (Wildman–Crippen MR) is 79.7 cm³/mol. The smallest absolute Gasteiger partial charge is 0.115 e. The number of phenols is 1. The molecule has 0 saturated carbocycles. The number of halogens is 1. The Balaban J connectivity index is 2.08. The van der Waals surface area contributed by atoms with Gasteiger partial charge in [-0.3, -0.25) is 0 Å². The second-order valence-corrected chi connectivity index (χ2v) is 5.21. The summed E-state index contributed by atoms with van der Waals surface area (Å²) >= 11 is 3.42. The van der Waals surface area contributed by atoms with Gasteiger partial charge in [0.15, 0.2) is 0 Å². The zero-order valence-electron chi connectivity index (χ0n) is 10.2. The molecule has 0 aliphatic heterocycles. The van der Waals surface area contributed by atoms with Crippen LogP contribution in [0.1, 0.15) is 24.0 Å². The maximum atomic E-state index is 9.25. The molecule has 0 spiro atoms. The highest BCUT2D eigenvalue weighted by atomic mass is 79.9. The Hall–Kier alpha value is -1.54. The van der Waals surface area contributed by atoms with Crippen molar-refractivity contribution in [3.63, 3.8) is 0 Å². The third-order valence-electron chi connectivity index (χ3n) is 2.87. The van der Waals surface area contributed by atoms with Crippen LogP contribution < -0.4 is 0 Å². The quantitative estimate of drug-likeness (QED) is 0.848. The summed E-state index contributed by atoms with van der Waals surface area (Å²) in [5.41, 5.74) is 2.38. The summed E-state index contributed by atoms with van der Waals surface area (Å²) < 4.78 is 1.09. The number of aromatic hydroxyl groups is 1. The molecule has 0 fully saturated rings. The van der Waals surface area contributed by atoms with Crippen molar-refractivity contribution in [1.82, 2.24) is 0 Å². The first-order valence-corrected chi connectivity index (χ1v) is 6.67. The molecule has 2 rings (SSSR count). The maximum Gasteiger partial charge on any atom is 0.115 e. The zero-order chi connectivity index (χ0) is 13.0. The average Bonchev–Trinajstić information content (AvgIpc) is 2.38. The van der Waals surface area contributed by atoms with Crippen LogP contribution in [0, 0.1) is 0 Å². The summed E-state index contributed by atoms with van der Waals surface area (Å²) in [6, 6.07) is 15.6. The van der Waals surface area contributed by atoms with E-state index in [9.17, 15) is 5.11 Å². The van der Waals surface area contributed by atoms with E-state index in [1.807, 2.05) is 24.3 Å². The minimum absolute atomic E-state index is 0.308. The van der Waals surface area contributed by atoms with Gasteiger partial charge in [0.25, 0.3) is 0 Å². The second-order valence-electron chi connectivity index (χ2n) is 4.29. The van der Waals surface area contributed by atoms with Crippen LogP contribution in [0.3, 0.4) is 0 Å². The first-order valence-electron chi connectivity index (χ1n) is 5.88. The second kappa shape index (κ2) is 5.87. The van der Waals surface area contributed by atoms with Crippen molar-refractivity contribution in [2.24, 2.45) is 0 Å². The lowest BCUT2D eigenvalue weighted by Crippen LogP contribution is -1.87. The predicted octanol–water partition coefficient (Wildman–Crippen LogP) is 4.97. The van der Waals surface area contributed by atoms with Crippen LogP contribution in [0.4, 0.5) is 0 Å². The van der Waals surface area contributed by atoms with E-state index in [1.54, 1.807) is 12.1 Å². The molecule has 92 valence electrons. The molecule has 1 atom stereocenters. The molecular formula is C16H15BrO.